The smallest absolute Gasteiger partial charge is 0.249 e. The van der Waals surface area contributed by atoms with Gasteiger partial charge in [0.15, 0.2) is 0 Å². The van der Waals surface area contributed by atoms with Gasteiger partial charge in [-0.2, -0.15) is 0 Å². The van der Waals surface area contributed by atoms with Gasteiger partial charge in [0.05, 0.1) is 16.4 Å². The number of likely N-dealkylation sites (tertiary alicyclic amines) is 1. The fraction of sp³-hybridized carbons (Fsp3) is 0.370. The summed E-state index contributed by atoms with van der Waals surface area (Å²) in [6.07, 6.45) is 3.89. The molecule has 8 heteroatoms. The molecular formula is C27H30N4O3S. The van der Waals surface area contributed by atoms with Gasteiger partial charge in [-0.1, -0.05) is 23.9 Å². The van der Waals surface area contributed by atoms with E-state index in [0.717, 1.165) is 57.9 Å². The summed E-state index contributed by atoms with van der Waals surface area (Å²) in [6, 6.07) is 16.8. The number of ether oxygens (including phenoxy) is 2. The van der Waals surface area contributed by atoms with Gasteiger partial charge in [0, 0.05) is 48.3 Å². The van der Waals surface area contributed by atoms with E-state index in [1.54, 1.807) is 24.0 Å². The maximum absolute atomic E-state index is 11.8. The fourth-order valence-corrected chi connectivity index (χ4v) is 6.09. The molecule has 182 valence electrons. The lowest BCUT2D eigenvalue weighted by molar-refractivity contribution is 0.0383. The van der Waals surface area contributed by atoms with Gasteiger partial charge in [-0.25, -0.2) is 0 Å². The third-order valence-electron chi connectivity index (χ3n) is 7.01. The molecule has 0 saturated carbocycles. The summed E-state index contributed by atoms with van der Waals surface area (Å²) in [5.74, 6) is 1.75. The number of aromatic nitrogens is 1. The molecule has 0 amide bonds. The minimum Gasteiger partial charge on any atom is -0.455 e. The summed E-state index contributed by atoms with van der Waals surface area (Å²) in [4.78, 5) is 21.3. The highest BCUT2D eigenvalue weighted by Crippen LogP contribution is 2.50. The van der Waals surface area contributed by atoms with E-state index in [1.807, 2.05) is 6.07 Å². The molecule has 0 aliphatic carbocycles. The number of hydrogen-bond donors (Lipinski definition) is 2. The van der Waals surface area contributed by atoms with Crippen molar-refractivity contribution in [1.29, 1.82) is 0 Å². The molecule has 2 saturated heterocycles. The number of nitrogens with one attached hydrogen (secondary N) is 2. The van der Waals surface area contributed by atoms with Gasteiger partial charge in [0.25, 0.3) is 0 Å². The molecule has 3 aliphatic heterocycles. The predicted octanol–water partition coefficient (Wildman–Crippen LogP) is 4.72. The van der Waals surface area contributed by atoms with E-state index in [2.05, 4.69) is 63.5 Å². The lowest BCUT2D eigenvalue weighted by atomic mass is 10.1. The maximum Gasteiger partial charge on any atom is 0.249 e. The molecule has 1 aromatic heterocycles. The van der Waals surface area contributed by atoms with Gasteiger partial charge in [-0.3, -0.25) is 4.79 Å². The Morgan fingerprint density at radius 2 is 1.94 bits per heavy atom. The van der Waals surface area contributed by atoms with Crippen LogP contribution in [0.3, 0.4) is 0 Å². The third-order valence-corrected chi connectivity index (χ3v) is 8.09. The Balaban J connectivity index is 1.20. The van der Waals surface area contributed by atoms with E-state index in [9.17, 15) is 4.79 Å². The number of aromatic amines is 1. The molecule has 1 atom stereocenters. The van der Waals surface area contributed by atoms with Crippen molar-refractivity contribution in [2.75, 3.05) is 50.1 Å². The molecule has 2 aromatic carbocycles. The van der Waals surface area contributed by atoms with E-state index < -0.39 is 0 Å². The van der Waals surface area contributed by atoms with Crippen LogP contribution in [0.25, 0.3) is 0 Å². The van der Waals surface area contributed by atoms with Crippen molar-refractivity contribution in [1.82, 2.24) is 9.88 Å². The number of benzene rings is 2. The monoisotopic (exact) mass is 490 g/mol. The summed E-state index contributed by atoms with van der Waals surface area (Å²) in [5.41, 5.74) is 3.02. The van der Waals surface area contributed by atoms with Crippen LogP contribution in [0.1, 0.15) is 24.5 Å². The summed E-state index contributed by atoms with van der Waals surface area (Å²) in [7, 11) is 2.19. The van der Waals surface area contributed by atoms with Crippen molar-refractivity contribution >= 4 is 23.1 Å². The molecule has 2 fully saturated rings. The van der Waals surface area contributed by atoms with Crippen LogP contribution in [-0.4, -0.2) is 55.8 Å². The first-order valence-electron chi connectivity index (χ1n) is 12.3. The van der Waals surface area contributed by atoms with Crippen molar-refractivity contribution < 1.29 is 9.47 Å². The summed E-state index contributed by atoms with van der Waals surface area (Å²) >= 11 is 1.75. The van der Waals surface area contributed by atoms with Crippen LogP contribution >= 0.6 is 11.8 Å². The van der Waals surface area contributed by atoms with Crippen LogP contribution < -0.4 is 20.5 Å². The Bertz CT molecular complexity index is 1270. The number of fused-ring (bicyclic) bond motifs is 2. The van der Waals surface area contributed by atoms with Gasteiger partial charge < -0.3 is 29.6 Å². The normalized spacial score (nSPS) is 20.6. The predicted molar refractivity (Wildman–Crippen MR) is 139 cm³/mol. The number of para-hydroxylation sites is 1. The summed E-state index contributed by atoms with van der Waals surface area (Å²) in [6.45, 7) is 4.29. The zero-order valence-corrected chi connectivity index (χ0v) is 20.6. The first kappa shape index (κ1) is 22.5. The van der Waals surface area contributed by atoms with Crippen LogP contribution in [0.2, 0.25) is 0 Å². The first-order valence-corrected chi connectivity index (χ1v) is 13.1. The van der Waals surface area contributed by atoms with Gasteiger partial charge >= 0.3 is 0 Å². The lowest BCUT2D eigenvalue weighted by Gasteiger charge is -2.36. The Labute approximate surface area is 209 Å². The second-order valence-corrected chi connectivity index (χ2v) is 10.6. The van der Waals surface area contributed by atoms with Crippen LogP contribution in [0, 0.1) is 0 Å². The molecule has 1 unspecified atom stereocenters. The highest BCUT2D eigenvalue weighted by atomic mass is 32.2. The standard InChI is InChI=1S/C27H30N4O3S/c1-30-11-8-18(9-12-30)29-19-5-6-22-25(15-19)35-24-4-2-3-21(27(24)34-22)23-17-31(13-14-33-23)20-7-10-28-26(32)16-20/h2-7,10,15-16,18,23,29H,8-9,11-14,17H2,1H3,(H,28,32). The number of nitrogens with zero attached hydrogens (tertiary/aromatic N) is 2. The number of pyridine rings is 1. The minimum atomic E-state index is -0.134. The summed E-state index contributed by atoms with van der Waals surface area (Å²) < 4.78 is 12.7. The van der Waals surface area contributed by atoms with Crippen molar-refractivity contribution in [2.45, 2.75) is 34.8 Å². The molecule has 3 aromatic rings. The van der Waals surface area contributed by atoms with Crippen molar-refractivity contribution in [3.63, 3.8) is 0 Å². The number of H-pyrrole nitrogens is 1. The molecular weight excluding hydrogens is 460 g/mol. The molecule has 35 heavy (non-hydrogen) atoms. The van der Waals surface area contributed by atoms with Crippen molar-refractivity contribution in [3.05, 3.63) is 70.6 Å². The zero-order chi connectivity index (χ0) is 23.8. The number of hydrogen-bond acceptors (Lipinski definition) is 7. The Morgan fingerprint density at radius 1 is 1.06 bits per heavy atom. The topological polar surface area (TPSA) is 69.8 Å². The largest absolute Gasteiger partial charge is 0.455 e. The first-order chi connectivity index (χ1) is 17.1. The number of rotatable bonds is 4. The second-order valence-electron chi connectivity index (χ2n) is 9.48. The number of anilines is 2. The second kappa shape index (κ2) is 9.60. The number of morpholine rings is 1. The van der Waals surface area contributed by atoms with Crippen LogP contribution in [0.4, 0.5) is 11.4 Å². The molecule has 2 N–H and O–H groups in total. The lowest BCUT2D eigenvalue weighted by Crippen LogP contribution is -2.39. The average Bonchev–Trinajstić information content (AvgIpc) is 2.88. The van der Waals surface area contributed by atoms with Gasteiger partial charge in [-0.05, 0) is 63.3 Å². The molecule has 4 heterocycles. The Morgan fingerprint density at radius 3 is 2.80 bits per heavy atom. The molecule has 0 radical (unpaired) electrons. The maximum atomic E-state index is 11.8. The highest BCUT2D eigenvalue weighted by Gasteiger charge is 2.29. The number of piperidine rings is 1. The van der Waals surface area contributed by atoms with E-state index in [1.165, 1.54) is 12.8 Å². The van der Waals surface area contributed by atoms with Crippen molar-refractivity contribution in [3.8, 4) is 11.5 Å². The van der Waals surface area contributed by atoms with E-state index in [0.29, 0.717) is 19.2 Å². The zero-order valence-electron chi connectivity index (χ0n) is 19.8. The molecule has 3 aliphatic rings. The quantitative estimate of drug-likeness (QED) is 0.429. The molecule has 0 spiro atoms. The molecule has 6 rings (SSSR count). The minimum absolute atomic E-state index is 0.0938. The van der Waals surface area contributed by atoms with Crippen LogP contribution in [0.15, 0.2) is 69.3 Å². The van der Waals surface area contributed by atoms with E-state index >= 15 is 0 Å². The average molecular weight is 491 g/mol. The van der Waals surface area contributed by atoms with E-state index in [4.69, 9.17) is 9.47 Å². The van der Waals surface area contributed by atoms with Gasteiger partial charge in [0.2, 0.25) is 5.56 Å². The Hall–Kier alpha value is -2.94. The van der Waals surface area contributed by atoms with Gasteiger partial charge in [-0.15, -0.1) is 0 Å². The van der Waals surface area contributed by atoms with E-state index in [-0.39, 0.29) is 11.7 Å². The third kappa shape index (κ3) is 4.78. The highest BCUT2D eigenvalue weighted by molar-refractivity contribution is 7.99. The van der Waals surface area contributed by atoms with Crippen LogP contribution in [0.5, 0.6) is 11.5 Å². The van der Waals surface area contributed by atoms with Crippen LogP contribution in [-0.2, 0) is 4.74 Å². The van der Waals surface area contributed by atoms with Gasteiger partial charge in [0.1, 0.15) is 17.6 Å². The SMILES string of the molecule is CN1CCC(Nc2ccc3c(c2)Sc2cccc(C4CN(c5cc[nH]c(=O)c5)CCO4)c2O3)CC1. The summed E-state index contributed by atoms with van der Waals surface area (Å²) in [5, 5.41) is 3.72. The van der Waals surface area contributed by atoms with Crippen molar-refractivity contribution in [2.24, 2.45) is 0 Å². The molecule has 7 nitrogen and oxygen atoms in total. The molecule has 0 bridgehead atoms. The fourth-order valence-electron chi connectivity index (χ4n) is 5.06. The Kier molecular flexibility index (Phi) is 6.18.